The molecule has 0 aliphatic rings. The summed E-state index contributed by atoms with van der Waals surface area (Å²) >= 11 is 6.03. The first-order valence-electron chi connectivity index (χ1n) is 5.67. The zero-order valence-electron chi connectivity index (χ0n) is 10.0. The van der Waals surface area contributed by atoms with E-state index in [2.05, 4.69) is 23.3 Å². The van der Waals surface area contributed by atoms with Crippen LogP contribution in [-0.2, 0) is 7.05 Å². The SMILES string of the molecule is CCNC(c1cccc(Cl)c1)c1cn(C)cn1. The number of nitrogens with one attached hydrogen (secondary N) is 1. The van der Waals surface area contributed by atoms with E-state index in [1.54, 1.807) is 0 Å². The van der Waals surface area contributed by atoms with Gasteiger partial charge in [-0.25, -0.2) is 4.98 Å². The molecule has 0 saturated carbocycles. The van der Waals surface area contributed by atoms with E-state index in [4.69, 9.17) is 11.6 Å². The van der Waals surface area contributed by atoms with E-state index in [9.17, 15) is 0 Å². The lowest BCUT2D eigenvalue weighted by atomic mass is 10.0. The molecule has 1 heterocycles. The molecule has 2 aromatic rings. The van der Waals surface area contributed by atoms with E-state index in [-0.39, 0.29) is 6.04 Å². The minimum Gasteiger partial charge on any atom is -0.340 e. The number of hydrogen-bond acceptors (Lipinski definition) is 2. The molecule has 0 radical (unpaired) electrons. The van der Waals surface area contributed by atoms with Gasteiger partial charge in [-0.15, -0.1) is 0 Å². The normalized spacial score (nSPS) is 12.6. The Labute approximate surface area is 106 Å². The first-order valence-corrected chi connectivity index (χ1v) is 6.05. The summed E-state index contributed by atoms with van der Waals surface area (Å²) in [6.45, 7) is 2.97. The average Bonchev–Trinajstić information content (AvgIpc) is 2.72. The monoisotopic (exact) mass is 249 g/mol. The second-order valence-corrected chi connectivity index (χ2v) is 4.45. The quantitative estimate of drug-likeness (QED) is 0.903. The largest absolute Gasteiger partial charge is 0.340 e. The van der Waals surface area contributed by atoms with Crippen molar-refractivity contribution in [2.24, 2.45) is 7.05 Å². The molecule has 4 heteroatoms. The van der Waals surface area contributed by atoms with Gasteiger partial charge in [0.1, 0.15) is 0 Å². The van der Waals surface area contributed by atoms with Crippen LogP contribution in [0.4, 0.5) is 0 Å². The van der Waals surface area contributed by atoms with E-state index < -0.39 is 0 Å². The van der Waals surface area contributed by atoms with Crippen molar-refractivity contribution in [2.45, 2.75) is 13.0 Å². The summed E-state index contributed by atoms with van der Waals surface area (Å²) in [5.74, 6) is 0. The Bertz CT molecular complexity index is 493. The number of halogens is 1. The molecule has 2 rings (SSSR count). The van der Waals surface area contributed by atoms with Gasteiger partial charge >= 0.3 is 0 Å². The molecule has 0 amide bonds. The molecule has 0 spiro atoms. The third-order valence-corrected chi connectivity index (χ3v) is 2.85. The van der Waals surface area contributed by atoms with Gasteiger partial charge in [0.25, 0.3) is 0 Å². The first-order chi connectivity index (χ1) is 8.20. The maximum atomic E-state index is 6.03. The molecule has 0 bridgehead atoms. The number of benzene rings is 1. The summed E-state index contributed by atoms with van der Waals surface area (Å²) in [6.07, 6.45) is 3.83. The van der Waals surface area contributed by atoms with Crippen LogP contribution in [0, 0.1) is 0 Å². The smallest absolute Gasteiger partial charge is 0.0947 e. The molecule has 0 saturated heterocycles. The van der Waals surface area contributed by atoms with Gasteiger partial charge in [-0.3, -0.25) is 0 Å². The minimum atomic E-state index is 0.0971. The van der Waals surface area contributed by atoms with Gasteiger partial charge in [0.2, 0.25) is 0 Å². The van der Waals surface area contributed by atoms with Gasteiger partial charge in [0, 0.05) is 18.3 Å². The summed E-state index contributed by atoms with van der Waals surface area (Å²) in [4.78, 5) is 4.40. The van der Waals surface area contributed by atoms with Crippen molar-refractivity contribution in [3.05, 3.63) is 53.1 Å². The summed E-state index contributed by atoms with van der Waals surface area (Å²) in [6, 6.07) is 7.98. The van der Waals surface area contributed by atoms with E-state index >= 15 is 0 Å². The summed E-state index contributed by atoms with van der Waals surface area (Å²) in [7, 11) is 1.97. The lowest BCUT2D eigenvalue weighted by molar-refractivity contribution is 0.617. The van der Waals surface area contributed by atoms with Crippen LogP contribution in [0.15, 0.2) is 36.8 Å². The third-order valence-electron chi connectivity index (χ3n) is 2.61. The fourth-order valence-electron chi connectivity index (χ4n) is 1.87. The Balaban J connectivity index is 2.35. The van der Waals surface area contributed by atoms with Crippen LogP contribution in [0.2, 0.25) is 5.02 Å². The van der Waals surface area contributed by atoms with Crippen molar-refractivity contribution in [3.63, 3.8) is 0 Å². The van der Waals surface area contributed by atoms with Crippen LogP contribution in [-0.4, -0.2) is 16.1 Å². The van der Waals surface area contributed by atoms with Crippen molar-refractivity contribution >= 4 is 11.6 Å². The summed E-state index contributed by atoms with van der Waals surface area (Å²) in [5.41, 5.74) is 2.15. The summed E-state index contributed by atoms with van der Waals surface area (Å²) in [5, 5.41) is 4.17. The lowest BCUT2D eigenvalue weighted by Crippen LogP contribution is -2.22. The zero-order valence-corrected chi connectivity index (χ0v) is 10.8. The predicted molar refractivity (Wildman–Crippen MR) is 70.2 cm³/mol. The van der Waals surface area contributed by atoms with Gasteiger partial charge in [-0.05, 0) is 24.2 Å². The lowest BCUT2D eigenvalue weighted by Gasteiger charge is -2.16. The predicted octanol–water partition coefficient (Wildman–Crippen LogP) is 2.77. The molecule has 0 aliphatic heterocycles. The van der Waals surface area contributed by atoms with Gasteiger partial charge in [-0.1, -0.05) is 30.7 Å². The maximum Gasteiger partial charge on any atom is 0.0947 e. The zero-order chi connectivity index (χ0) is 12.3. The molecule has 1 aromatic heterocycles. The number of rotatable bonds is 4. The average molecular weight is 250 g/mol. The third kappa shape index (κ3) is 2.87. The summed E-state index contributed by atoms with van der Waals surface area (Å²) < 4.78 is 1.95. The second kappa shape index (κ2) is 5.34. The first kappa shape index (κ1) is 12.1. The second-order valence-electron chi connectivity index (χ2n) is 4.01. The molecule has 3 nitrogen and oxygen atoms in total. The van der Waals surface area contributed by atoms with Crippen LogP contribution < -0.4 is 5.32 Å². The van der Waals surface area contributed by atoms with E-state index in [0.29, 0.717) is 0 Å². The highest BCUT2D eigenvalue weighted by atomic mass is 35.5. The van der Waals surface area contributed by atoms with Gasteiger partial charge in [0.15, 0.2) is 0 Å². The number of hydrogen-bond donors (Lipinski definition) is 1. The van der Waals surface area contributed by atoms with Crippen molar-refractivity contribution in [3.8, 4) is 0 Å². The topological polar surface area (TPSA) is 29.9 Å². The van der Waals surface area contributed by atoms with Gasteiger partial charge in [0.05, 0.1) is 18.1 Å². The number of aryl methyl sites for hydroxylation is 1. The Morgan fingerprint density at radius 2 is 2.29 bits per heavy atom. The maximum absolute atomic E-state index is 6.03. The van der Waals surface area contributed by atoms with E-state index in [1.807, 2.05) is 42.3 Å². The molecular formula is C13H16ClN3. The van der Waals surface area contributed by atoms with Crippen LogP contribution >= 0.6 is 11.6 Å². The highest BCUT2D eigenvalue weighted by Gasteiger charge is 2.15. The van der Waals surface area contributed by atoms with Crippen LogP contribution in [0.1, 0.15) is 24.2 Å². The molecular weight excluding hydrogens is 234 g/mol. The van der Waals surface area contributed by atoms with Crippen molar-refractivity contribution in [1.82, 2.24) is 14.9 Å². The number of aromatic nitrogens is 2. The fraction of sp³-hybridized carbons (Fsp3) is 0.308. The number of nitrogens with zero attached hydrogens (tertiary/aromatic N) is 2. The highest BCUT2D eigenvalue weighted by molar-refractivity contribution is 6.30. The molecule has 90 valence electrons. The fourth-order valence-corrected chi connectivity index (χ4v) is 2.06. The highest BCUT2D eigenvalue weighted by Crippen LogP contribution is 2.22. The Morgan fingerprint density at radius 1 is 1.47 bits per heavy atom. The Hall–Kier alpha value is -1.32. The van der Waals surface area contributed by atoms with Crippen LogP contribution in [0.5, 0.6) is 0 Å². The Kier molecular flexibility index (Phi) is 3.82. The molecule has 1 aromatic carbocycles. The van der Waals surface area contributed by atoms with Crippen LogP contribution in [0.3, 0.4) is 0 Å². The Morgan fingerprint density at radius 3 is 2.88 bits per heavy atom. The minimum absolute atomic E-state index is 0.0971. The van der Waals surface area contributed by atoms with Gasteiger partial charge < -0.3 is 9.88 Å². The molecule has 0 fully saturated rings. The van der Waals surface area contributed by atoms with Crippen LogP contribution in [0.25, 0.3) is 0 Å². The van der Waals surface area contributed by atoms with Crippen molar-refractivity contribution in [2.75, 3.05) is 6.54 Å². The van der Waals surface area contributed by atoms with Crippen molar-refractivity contribution in [1.29, 1.82) is 0 Å². The molecule has 0 aliphatic carbocycles. The van der Waals surface area contributed by atoms with Gasteiger partial charge in [-0.2, -0.15) is 0 Å². The van der Waals surface area contributed by atoms with E-state index in [1.165, 1.54) is 0 Å². The molecule has 1 N–H and O–H groups in total. The molecule has 17 heavy (non-hydrogen) atoms. The van der Waals surface area contributed by atoms with E-state index in [0.717, 1.165) is 22.8 Å². The number of imidazole rings is 1. The van der Waals surface area contributed by atoms with Crippen molar-refractivity contribution < 1.29 is 0 Å². The molecule has 1 unspecified atom stereocenters. The molecule has 1 atom stereocenters. The standard InChI is InChI=1S/C13H16ClN3/c1-3-15-13(12-8-17(2)9-16-12)10-5-4-6-11(14)7-10/h4-9,13,15H,3H2,1-2H3.